The van der Waals surface area contributed by atoms with Gasteiger partial charge in [0, 0.05) is 18.7 Å². The van der Waals surface area contributed by atoms with Crippen LogP contribution in [-0.2, 0) is 6.54 Å². The van der Waals surface area contributed by atoms with Crippen molar-refractivity contribution in [2.24, 2.45) is 5.92 Å². The van der Waals surface area contributed by atoms with Crippen LogP contribution in [0.1, 0.15) is 34.3 Å². The first-order valence-corrected chi connectivity index (χ1v) is 6.81. The summed E-state index contributed by atoms with van der Waals surface area (Å²) in [6.45, 7) is 3.61. The minimum Gasteiger partial charge on any atom is -0.334 e. The van der Waals surface area contributed by atoms with Crippen molar-refractivity contribution >= 4 is 5.91 Å². The van der Waals surface area contributed by atoms with Gasteiger partial charge in [0.05, 0.1) is 11.6 Å². The lowest BCUT2D eigenvalue weighted by Crippen LogP contribution is -2.36. The summed E-state index contributed by atoms with van der Waals surface area (Å²) in [5.74, 6) is 0.730. The Bertz CT molecular complexity index is 541. The summed E-state index contributed by atoms with van der Waals surface area (Å²) >= 11 is 0. The quantitative estimate of drug-likeness (QED) is 0.871. The minimum absolute atomic E-state index is 0.123. The highest BCUT2D eigenvalue weighted by Gasteiger charge is 2.29. The SMILES string of the molecule is N#Cc1ccc2c(c1)CN(CC1CCNCC1)C2=O. The number of hydrogen-bond donors (Lipinski definition) is 1. The Morgan fingerprint density at radius 1 is 1.37 bits per heavy atom. The van der Waals surface area contributed by atoms with Crippen molar-refractivity contribution in [2.45, 2.75) is 19.4 Å². The summed E-state index contributed by atoms with van der Waals surface area (Å²) in [5.41, 5.74) is 2.40. The van der Waals surface area contributed by atoms with Gasteiger partial charge in [0.1, 0.15) is 0 Å². The Kier molecular flexibility index (Phi) is 3.22. The topological polar surface area (TPSA) is 56.1 Å². The third-order valence-electron chi connectivity index (χ3n) is 4.05. The predicted octanol–water partition coefficient (Wildman–Crippen LogP) is 1.51. The van der Waals surface area contributed by atoms with Crippen molar-refractivity contribution < 1.29 is 4.79 Å². The number of amides is 1. The van der Waals surface area contributed by atoms with Crippen LogP contribution in [0.15, 0.2) is 18.2 Å². The molecule has 4 nitrogen and oxygen atoms in total. The third kappa shape index (κ3) is 2.34. The zero-order valence-corrected chi connectivity index (χ0v) is 10.9. The van der Waals surface area contributed by atoms with Crippen LogP contribution >= 0.6 is 0 Å². The maximum atomic E-state index is 12.3. The number of fused-ring (bicyclic) bond motifs is 1. The molecule has 0 radical (unpaired) electrons. The average Bonchev–Trinajstić information content (AvgIpc) is 2.76. The van der Waals surface area contributed by atoms with Crippen molar-refractivity contribution in [1.82, 2.24) is 10.2 Å². The van der Waals surface area contributed by atoms with Gasteiger partial charge in [-0.15, -0.1) is 0 Å². The normalized spacial score (nSPS) is 19.3. The number of nitrogens with zero attached hydrogens (tertiary/aromatic N) is 2. The Morgan fingerprint density at radius 2 is 2.16 bits per heavy atom. The highest BCUT2D eigenvalue weighted by atomic mass is 16.2. The maximum Gasteiger partial charge on any atom is 0.254 e. The van der Waals surface area contributed by atoms with E-state index in [-0.39, 0.29) is 5.91 Å². The molecule has 2 aliphatic rings. The minimum atomic E-state index is 0.123. The fourth-order valence-corrected chi connectivity index (χ4v) is 2.97. The molecular weight excluding hydrogens is 238 g/mol. The zero-order chi connectivity index (χ0) is 13.2. The fraction of sp³-hybridized carbons (Fsp3) is 0.467. The molecule has 1 aromatic carbocycles. The molecule has 1 fully saturated rings. The molecule has 1 N–H and O–H groups in total. The highest BCUT2D eigenvalue weighted by Crippen LogP contribution is 2.26. The molecule has 1 saturated heterocycles. The van der Waals surface area contributed by atoms with Crippen molar-refractivity contribution in [3.8, 4) is 6.07 Å². The smallest absolute Gasteiger partial charge is 0.254 e. The summed E-state index contributed by atoms with van der Waals surface area (Å²) < 4.78 is 0. The molecule has 0 saturated carbocycles. The van der Waals surface area contributed by atoms with E-state index < -0.39 is 0 Å². The number of benzene rings is 1. The van der Waals surface area contributed by atoms with Crippen LogP contribution in [0.3, 0.4) is 0 Å². The van der Waals surface area contributed by atoms with Gasteiger partial charge in [0.15, 0.2) is 0 Å². The summed E-state index contributed by atoms with van der Waals surface area (Å²) in [5, 5.41) is 12.2. The summed E-state index contributed by atoms with van der Waals surface area (Å²) in [4.78, 5) is 14.2. The van der Waals surface area contributed by atoms with Crippen LogP contribution in [0, 0.1) is 17.2 Å². The highest BCUT2D eigenvalue weighted by molar-refractivity contribution is 5.98. The van der Waals surface area contributed by atoms with E-state index in [1.165, 1.54) is 0 Å². The first-order chi connectivity index (χ1) is 9.28. The van der Waals surface area contributed by atoms with Crippen molar-refractivity contribution in [3.63, 3.8) is 0 Å². The first kappa shape index (κ1) is 12.2. The second-order valence-electron chi connectivity index (χ2n) is 5.36. The third-order valence-corrected chi connectivity index (χ3v) is 4.05. The number of rotatable bonds is 2. The number of hydrogen-bond acceptors (Lipinski definition) is 3. The summed E-state index contributed by atoms with van der Waals surface area (Å²) in [7, 11) is 0. The Labute approximate surface area is 113 Å². The van der Waals surface area contributed by atoms with E-state index in [0.717, 1.165) is 43.6 Å². The molecular formula is C15H17N3O. The number of carbonyl (C=O) groups is 1. The average molecular weight is 255 g/mol. The largest absolute Gasteiger partial charge is 0.334 e. The van der Waals surface area contributed by atoms with Gasteiger partial charge >= 0.3 is 0 Å². The molecule has 98 valence electrons. The van der Waals surface area contributed by atoms with Crippen molar-refractivity contribution in [2.75, 3.05) is 19.6 Å². The first-order valence-electron chi connectivity index (χ1n) is 6.81. The van der Waals surface area contributed by atoms with Gasteiger partial charge in [-0.2, -0.15) is 5.26 Å². The van der Waals surface area contributed by atoms with E-state index in [1.807, 2.05) is 11.0 Å². The maximum absolute atomic E-state index is 12.3. The van der Waals surface area contributed by atoms with Gasteiger partial charge in [-0.3, -0.25) is 4.79 Å². The van der Waals surface area contributed by atoms with Gasteiger partial charge in [-0.05, 0) is 55.6 Å². The molecule has 0 atom stereocenters. The van der Waals surface area contributed by atoms with Gasteiger partial charge in [-0.25, -0.2) is 0 Å². The molecule has 0 spiro atoms. The van der Waals surface area contributed by atoms with Crippen LogP contribution < -0.4 is 5.32 Å². The number of carbonyl (C=O) groups excluding carboxylic acids is 1. The fourth-order valence-electron chi connectivity index (χ4n) is 2.97. The molecule has 0 unspecified atom stereocenters. The van der Waals surface area contributed by atoms with E-state index in [0.29, 0.717) is 18.0 Å². The van der Waals surface area contributed by atoms with Gasteiger partial charge in [-0.1, -0.05) is 0 Å². The van der Waals surface area contributed by atoms with Crippen LogP contribution in [0.25, 0.3) is 0 Å². The molecule has 2 aliphatic heterocycles. The van der Waals surface area contributed by atoms with Gasteiger partial charge < -0.3 is 10.2 Å². The van der Waals surface area contributed by atoms with Crippen LogP contribution in [0.4, 0.5) is 0 Å². The molecule has 0 aromatic heterocycles. The summed E-state index contributed by atoms with van der Waals surface area (Å²) in [6, 6.07) is 7.49. The molecule has 0 bridgehead atoms. The molecule has 0 aliphatic carbocycles. The Balaban J connectivity index is 1.73. The lowest BCUT2D eigenvalue weighted by Gasteiger charge is -2.27. The molecule has 4 heteroatoms. The Morgan fingerprint density at radius 3 is 2.89 bits per heavy atom. The Hall–Kier alpha value is -1.86. The lowest BCUT2D eigenvalue weighted by atomic mass is 9.98. The number of piperidine rings is 1. The number of nitrogens with one attached hydrogen (secondary N) is 1. The molecule has 3 rings (SSSR count). The monoisotopic (exact) mass is 255 g/mol. The second kappa shape index (κ2) is 5.02. The van der Waals surface area contributed by atoms with Crippen molar-refractivity contribution in [3.05, 3.63) is 34.9 Å². The van der Waals surface area contributed by atoms with Crippen LogP contribution in [-0.4, -0.2) is 30.4 Å². The zero-order valence-electron chi connectivity index (χ0n) is 10.9. The van der Waals surface area contributed by atoms with Crippen molar-refractivity contribution in [1.29, 1.82) is 5.26 Å². The van der Waals surface area contributed by atoms with Gasteiger partial charge in [0.2, 0.25) is 0 Å². The van der Waals surface area contributed by atoms with E-state index in [4.69, 9.17) is 5.26 Å². The molecule has 1 amide bonds. The van der Waals surface area contributed by atoms with Crippen LogP contribution in [0.2, 0.25) is 0 Å². The second-order valence-corrected chi connectivity index (χ2v) is 5.36. The molecule has 19 heavy (non-hydrogen) atoms. The molecule has 2 heterocycles. The standard InChI is InChI=1S/C15H17N3O/c16-8-12-1-2-14-13(7-12)10-18(15(14)19)9-11-3-5-17-6-4-11/h1-2,7,11,17H,3-6,9-10H2. The van der Waals surface area contributed by atoms with Gasteiger partial charge in [0.25, 0.3) is 5.91 Å². The lowest BCUT2D eigenvalue weighted by molar-refractivity contribution is 0.0740. The van der Waals surface area contributed by atoms with Crippen LogP contribution in [0.5, 0.6) is 0 Å². The van der Waals surface area contributed by atoms with E-state index >= 15 is 0 Å². The summed E-state index contributed by atoms with van der Waals surface area (Å²) in [6.07, 6.45) is 2.28. The van der Waals surface area contributed by atoms with E-state index in [1.54, 1.807) is 12.1 Å². The molecule has 1 aromatic rings. The van der Waals surface area contributed by atoms with E-state index in [9.17, 15) is 4.79 Å². The predicted molar refractivity (Wildman–Crippen MR) is 71.5 cm³/mol. The van der Waals surface area contributed by atoms with E-state index in [2.05, 4.69) is 11.4 Å². The number of nitriles is 1.